The summed E-state index contributed by atoms with van der Waals surface area (Å²) in [6.45, 7) is 2.48. The molecule has 6 nitrogen and oxygen atoms in total. The molecule has 0 bridgehead atoms. The minimum atomic E-state index is -0.725. The molecule has 0 spiro atoms. The van der Waals surface area contributed by atoms with Crippen molar-refractivity contribution in [2.24, 2.45) is 11.8 Å². The van der Waals surface area contributed by atoms with E-state index in [2.05, 4.69) is 22.6 Å². The van der Waals surface area contributed by atoms with Gasteiger partial charge in [-0.1, -0.05) is 12.8 Å². The van der Waals surface area contributed by atoms with Gasteiger partial charge in [-0.25, -0.2) is 4.79 Å². The predicted octanol–water partition coefficient (Wildman–Crippen LogP) is 1.27. The Balaban J connectivity index is 1.71. The van der Waals surface area contributed by atoms with Gasteiger partial charge in [-0.15, -0.1) is 0 Å². The van der Waals surface area contributed by atoms with Crippen LogP contribution in [0.2, 0.25) is 0 Å². The summed E-state index contributed by atoms with van der Waals surface area (Å²) in [5, 5.41) is 15.1. The lowest BCUT2D eigenvalue weighted by atomic mass is 9.79. The maximum Gasteiger partial charge on any atom is 0.315 e. The van der Waals surface area contributed by atoms with Crippen LogP contribution in [0.5, 0.6) is 0 Å². The first-order valence-corrected chi connectivity index (χ1v) is 8.02. The average molecular weight is 297 g/mol. The molecule has 1 aliphatic carbocycles. The van der Waals surface area contributed by atoms with Gasteiger partial charge >= 0.3 is 12.0 Å². The van der Waals surface area contributed by atoms with E-state index >= 15 is 0 Å². The maximum atomic E-state index is 11.9. The van der Waals surface area contributed by atoms with Crippen molar-refractivity contribution in [3.63, 3.8) is 0 Å². The van der Waals surface area contributed by atoms with Crippen molar-refractivity contribution in [3.8, 4) is 0 Å². The zero-order chi connectivity index (χ0) is 15.2. The number of carboxylic acid groups (broad SMARTS) is 1. The number of carboxylic acids is 1. The fourth-order valence-electron chi connectivity index (χ4n) is 3.39. The fourth-order valence-corrected chi connectivity index (χ4v) is 3.39. The van der Waals surface area contributed by atoms with Crippen LogP contribution in [0.25, 0.3) is 0 Å². The molecule has 1 heterocycles. The number of urea groups is 1. The van der Waals surface area contributed by atoms with Crippen molar-refractivity contribution in [1.29, 1.82) is 0 Å². The van der Waals surface area contributed by atoms with Gasteiger partial charge in [0.15, 0.2) is 0 Å². The largest absolute Gasteiger partial charge is 0.481 e. The normalized spacial score (nSPS) is 28.0. The topological polar surface area (TPSA) is 81.7 Å². The molecular weight excluding hydrogens is 270 g/mol. The summed E-state index contributed by atoms with van der Waals surface area (Å²) in [6.07, 6.45) is 5.63. The summed E-state index contributed by atoms with van der Waals surface area (Å²) < 4.78 is 0. The Labute approximate surface area is 126 Å². The molecule has 2 unspecified atom stereocenters. The molecular formula is C15H27N3O3. The van der Waals surface area contributed by atoms with E-state index in [0.717, 1.165) is 51.6 Å². The van der Waals surface area contributed by atoms with Gasteiger partial charge in [0.1, 0.15) is 0 Å². The molecule has 3 N–H and O–H groups in total. The molecule has 0 aromatic rings. The average Bonchev–Trinajstić information content (AvgIpc) is 2.48. The number of hydrogen-bond donors (Lipinski definition) is 3. The molecule has 2 fully saturated rings. The van der Waals surface area contributed by atoms with Crippen LogP contribution in [0.4, 0.5) is 4.79 Å². The minimum Gasteiger partial charge on any atom is -0.481 e. The number of hydrogen-bond acceptors (Lipinski definition) is 3. The highest BCUT2D eigenvalue weighted by Gasteiger charge is 2.31. The first-order valence-electron chi connectivity index (χ1n) is 8.02. The van der Waals surface area contributed by atoms with Crippen molar-refractivity contribution < 1.29 is 14.7 Å². The second-order valence-corrected chi connectivity index (χ2v) is 6.42. The molecule has 1 aliphatic heterocycles. The Kier molecular flexibility index (Phi) is 5.85. The SMILES string of the molecule is CN1CCC(NC(=O)NCC2CCCCC2C(=O)O)CC1. The highest BCUT2D eigenvalue weighted by molar-refractivity contribution is 5.74. The number of carbonyl (C=O) groups excluding carboxylic acids is 1. The van der Waals surface area contributed by atoms with E-state index in [1.807, 2.05) is 0 Å². The van der Waals surface area contributed by atoms with Gasteiger partial charge in [-0.05, 0) is 51.7 Å². The molecule has 0 aromatic carbocycles. The summed E-state index contributed by atoms with van der Waals surface area (Å²) >= 11 is 0. The number of aliphatic carboxylic acids is 1. The van der Waals surface area contributed by atoms with Crippen LogP contribution < -0.4 is 10.6 Å². The summed E-state index contributed by atoms with van der Waals surface area (Å²) in [4.78, 5) is 25.4. The van der Waals surface area contributed by atoms with Gasteiger partial charge in [-0.3, -0.25) is 4.79 Å². The Morgan fingerprint density at radius 2 is 1.81 bits per heavy atom. The molecule has 6 heteroatoms. The molecule has 2 atom stereocenters. The monoisotopic (exact) mass is 297 g/mol. The second-order valence-electron chi connectivity index (χ2n) is 6.42. The number of likely N-dealkylation sites (tertiary alicyclic amines) is 1. The van der Waals surface area contributed by atoms with Gasteiger partial charge in [0.2, 0.25) is 0 Å². The highest BCUT2D eigenvalue weighted by Crippen LogP contribution is 2.29. The Hall–Kier alpha value is -1.30. The van der Waals surface area contributed by atoms with E-state index < -0.39 is 5.97 Å². The Bertz CT molecular complexity index is 367. The van der Waals surface area contributed by atoms with Gasteiger partial charge in [0, 0.05) is 12.6 Å². The Morgan fingerprint density at radius 3 is 2.48 bits per heavy atom. The molecule has 1 saturated carbocycles. The van der Waals surface area contributed by atoms with Crippen molar-refractivity contribution in [1.82, 2.24) is 15.5 Å². The zero-order valence-electron chi connectivity index (χ0n) is 12.8. The molecule has 2 rings (SSSR count). The molecule has 1 saturated heterocycles. The molecule has 21 heavy (non-hydrogen) atoms. The summed E-state index contributed by atoms with van der Waals surface area (Å²) in [5.74, 6) is -0.959. The quantitative estimate of drug-likeness (QED) is 0.730. The van der Waals surface area contributed by atoms with Crippen LogP contribution in [0.3, 0.4) is 0 Å². The maximum absolute atomic E-state index is 11.9. The fraction of sp³-hybridized carbons (Fsp3) is 0.867. The first-order chi connectivity index (χ1) is 10.1. The number of nitrogens with zero attached hydrogens (tertiary/aromatic N) is 1. The van der Waals surface area contributed by atoms with E-state index in [4.69, 9.17) is 0 Å². The molecule has 2 amide bonds. The number of amides is 2. The zero-order valence-corrected chi connectivity index (χ0v) is 12.8. The van der Waals surface area contributed by atoms with E-state index in [0.29, 0.717) is 6.54 Å². The molecule has 0 aromatic heterocycles. The smallest absolute Gasteiger partial charge is 0.315 e. The molecule has 2 aliphatic rings. The third kappa shape index (κ3) is 4.88. The van der Waals surface area contributed by atoms with Crippen LogP contribution in [0.1, 0.15) is 38.5 Å². The van der Waals surface area contributed by atoms with Gasteiger partial charge in [-0.2, -0.15) is 0 Å². The predicted molar refractivity (Wildman–Crippen MR) is 80.1 cm³/mol. The molecule has 0 radical (unpaired) electrons. The lowest BCUT2D eigenvalue weighted by Crippen LogP contribution is -2.48. The number of rotatable bonds is 4. The van der Waals surface area contributed by atoms with Crippen molar-refractivity contribution >= 4 is 12.0 Å². The summed E-state index contributed by atoms with van der Waals surface area (Å²) in [7, 11) is 2.09. The third-order valence-corrected chi connectivity index (χ3v) is 4.80. The number of nitrogens with one attached hydrogen (secondary N) is 2. The minimum absolute atomic E-state index is 0.0690. The third-order valence-electron chi connectivity index (χ3n) is 4.80. The van der Waals surface area contributed by atoms with Gasteiger partial charge in [0.05, 0.1) is 5.92 Å². The standard InChI is InChI=1S/C15H27N3O3/c1-18-8-6-12(7-9-18)17-15(21)16-10-11-4-2-3-5-13(11)14(19)20/h11-13H,2-10H2,1H3,(H,19,20)(H2,16,17,21). The van der Waals surface area contributed by atoms with Crippen LogP contribution >= 0.6 is 0 Å². The van der Waals surface area contributed by atoms with Crippen LogP contribution in [-0.4, -0.2) is 54.7 Å². The second kappa shape index (κ2) is 7.64. The Morgan fingerprint density at radius 1 is 1.14 bits per heavy atom. The van der Waals surface area contributed by atoms with Crippen molar-refractivity contribution in [2.45, 2.75) is 44.6 Å². The number of carbonyl (C=O) groups is 2. The van der Waals surface area contributed by atoms with Gasteiger partial charge in [0.25, 0.3) is 0 Å². The van der Waals surface area contributed by atoms with Crippen molar-refractivity contribution in [2.75, 3.05) is 26.7 Å². The summed E-state index contributed by atoms with van der Waals surface area (Å²) in [5.41, 5.74) is 0. The van der Waals surface area contributed by atoms with E-state index in [1.54, 1.807) is 0 Å². The first kappa shape index (κ1) is 16.1. The highest BCUT2D eigenvalue weighted by atomic mass is 16.4. The van der Waals surface area contributed by atoms with E-state index in [1.165, 1.54) is 0 Å². The van der Waals surface area contributed by atoms with E-state index in [9.17, 15) is 14.7 Å². The van der Waals surface area contributed by atoms with Crippen LogP contribution in [0, 0.1) is 11.8 Å². The lowest BCUT2D eigenvalue weighted by Gasteiger charge is -2.31. The van der Waals surface area contributed by atoms with E-state index in [-0.39, 0.29) is 23.9 Å². The van der Waals surface area contributed by atoms with Crippen LogP contribution in [-0.2, 0) is 4.79 Å². The van der Waals surface area contributed by atoms with Crippen LogP contribution in [0.15, 0.2) is 0 Å². The van der Waals surface area contributed by atoms with Crippen molar-refractivity contribution in [3.05, 3.63) is 0 Å². The molecule has 120 valence electrons. The van der Waals surface area contributed by atoms with Gasteiger partial charge < -0.3 is 20.6 Å². The lowest BCUT2D eigenvalue weighted by molar-refractivity contribution is -0.144. The number of piperidine rings is 1. The summed E-state index contributed by atoms with van der Waals surface area (Å²) in [6, 6.07) is 0.0853.